The lowest BCUT2D eigenvalue weighted by molar-refractivity contribution is 0.102. The zero-order chi connectivity index (χ0) is 24.1. The highest BCUT2D eigenvalue weighted by Crippen LogP contribution is 2.20. The van der Waals surface area contributed by atoms with Gasteiger partial charge in [-0.1, -0.05) is 11.6 Å². The molecule has 1 aliphatic rings. The van der Waals surface area contributed by atoms with Crippen LogP contribution in [0.5, 0.6) is 0 Å². The number of aromatic nitrogens is 3. The minimum Gasteiger partial charge on any atom is -0.354 e. The van der Waals surface area contributed by atoms with Gasteiger partial charge in [0.15, 0.2) is 11.5 Å². The molecule has 176 valence electrons. The van der Waals surface area contributed by atoms with Crippen molar-refractivity contribution >= 4 is 40.7 Å². The van der Waals surface area contributed by atoms with Crippen LogP contribution in [0.3, 0.4) is 0 Å². The maximum Gasteiger partial charge on any atom is 0.276 e. The summed E-state index contributed by atoms with van der Waals surface area (Å²) in [6.07, 6.45) is 2.39. The van der Waals surface area contributed by atoms with Gasteiger partial charge < -0.3 is 20.4 Å². The molecular formula is C23H23ClFN7O2. The highest BCUT2D eigenvalue weighted by atomic mass is 35.5. The molecule has 0 unspecified atom stereocenters. The van der Waals surface area contributed by atoms with Crippen LogP contribution in [0.15, 0.2) is 48.7 Å². The van der Waals surface area contributed by atoms with Gasteiger partial charge in [0.05, 0.1) is 16.3 Å². The number of nitrogens with one attached hydrogen (secondary N) is 2. The zero-order valence-electron chi connectivity index (χ0n) is 18.5. The third kappa shape index (κ3) is 5.83. The van der Waals surface area contributed by atoms with Gasteiger partial charge in [0.2, 0.25) is 0 Å². The molecule has 3 aromatic rings. The number of likely N-dealkylation sites (N-methyl/N-ethyl adjacent to an activating group) is 1. The van der Waals surface area contributed by atoms with E-state index < -0.39 is 17.6 Å². The van der Waals surface area contributed by atoms with Crippen molar-refractivity contribution in [2.45, 2.75) is 6.42 Å². The van der Waals surface area contributed by atoms with Crippen LogP contribution in [-0.4, -0.2) is 65.1 Å². The Bertz CT molecular complexity index is 1170. The summed E-state index contributed by atoms with van der Waals surface area (Å²) < 4.78 is 13.9. The maximum absolute atomic E-state index is 13.9. The Morgan fingerprint density at radius 2 is 1.82 bits per heavy atom. The number of nitrogens with zero attached hydrogens (tertiary/aromatic N) is 5. The molecule has 0 bridgehead atoms. The molecule has 34 heavy (non-hydrogen) atoms. The Hall–Kier alpha value is -3.63. The predicted molar refractivity (Wildman–Crippen MR) is 128 cm³/mol. The quantitative estimate of drug-likeness (QED) is 0.573. The van der Waals surface area contributed by atoms with E-state index in [1.807, 2.05) is 0 Å². The first-order valence-electron chi connectivity index (χ1n) is 10.7. The van der Waals surface area contributed by atoms with Crippen LogP contribution in [0.1, 0.15) is 27.3 Å². The van der Waals surface area contributed by atoms with Gasteiger partial charge in [0.1, 0.15) is 11.6 Å². The molecule has 2 amide bonds. The second-order valence-electron chi connectivity index (χ2n) is 7.88. The lowest BCUT2D eigenvalue weighted by atomic mass is 10.1. The average molecular weight is 484 g/mol. The summed E-state index contributed by atoms with van der Waals surface area (Å²) in [6, 6.07) is 9.89. The molecule has 0 atom stereocenters. The third-order valence-electron chi connectivity index (χ3n) is 5.37. The molecule has 1 fully saturated rings. The Labute approximate surface area is 200 Å². The summed E-state index contributed by atoms with van der Waals surface area (Å²) in [5.74, 6) is -0.905. The van der Waals surface area contributed by atoms with Crippen LogP contribution in [0.2, 0.25) is 5.02 Å². The Morgan fingerprint density at radius 3 is 2.56 bits per heavy atom. The SMILES string of the molecule is CN1CCCN(c2ccc(C(=O)Nc3ccc(F)cc3C(=O)Nc3ccc(Cl)cn3)nn2)CC1. The van der Waals surface area contributed by atoms with Crippen molar-refractivity contribution < 1.29 is 14.0 Å². The highest BCUT2D eigenvalue weighted by Gasteiger charge is 2.19. The fraction of sp³-hybridized carbons (Fsp3) is 0.261. The molecule has 11 heteroatoms. The van der Waals surface area contributed by atoms with E-state index in [2.05, 4.69) is 42.7 Å². The minimum absolute atomic E-state index is 0.0663. The van der Waals surface area contributed by atoms with E-state index in [1.165, 1.54) is 18.3 Å². The van der Waals surface area contributed by atoms with Crippen LogP contribution in [-0.2, 0) is 0 Å². The molecule has 3 heterocycles. The van der Waals surface area contributed by atoms with Crippen molar-refractivity contribution in [3.8, 4) is 0 Å². The Kier molecular flexibility index (Phi) is 7.29. The molecular weight excluding hydrogens is 461 g/mol. The van der Waals surface area contributed by atoms with Gasteiger partial charge >= 0.3 is 0 Å². The molecule has 2 aromatic heterocycles. The second kappa shape index (κ2) is 10.5. The topological polar surface area (TPSA) is 103 Å². The first-order valence-corrected chi connectivity index (χ1v) is 11.1. The number of rotatable bonds is 5. The number of carbonyl (C=O) groups excluding carboxylic acids is 2. The molecule has 1 saturated heterocycles. The monoisotopic (exact) mass is 483 g/mol. The van der Waals surface area contributed by atoms with Gasteiger partial charge in [0, 0.05) is 25.8 Å². The number of benzene rings is 1. The van der Waals surface area contributed by atoms with E-state index in [1.54, 1.807) is 18.2 Å². The highest BCUT2D eigenvalue weighted by molar-refractivity contribution is 6.30. The van der Waals surface area contributed by atoms with Crippen molar-refractivity contribution in [1.29, 1.82) is 0 Å². The van der Waals surface area contributed by atoms with Crippen LogP contribution in [0, 0.1) is 5.82 Å². The summed E-state index contributed by atoms with van der Waals surface area (Å²) in [6.45, 7) is 3.63. The second-order valence-corrected chi connectivity index (χ2v) is 8.32. The third-order valence-corrected chi connectivity index (χ3v) is 5.59. The predicted octanol–water partition coefficient (Wildman–Crippen LogP) is 3.31. The first-order chi connectivity index (χ1) is 16.4. The van der Waals surface area contributed by atoms with E-state index in [0.29, 0.717) is 10.8 Å². The van der Waals surface area contributed by atoms with E-state index in [-0.39, 0.29) is 22.8 Å². The Balaban J connectivity index is 1.47. The van der Waals surface area contributed by atoms with Gasteiger partial charge in [-0.2, -0.15) is 0 Å². The zero-order valence-corrected chi connectivity index (χ0v) is 19.2. The summed E-state index contributed by atoms with van der Waals surface area (Å²) in [4.78, 5) is 33.9. The number of amides is 2. The molecule has 0 radical (unpaired) electrons. The van der Waals surface area contributed by atoms with Gasteiger partial charge in [-0.3, -0.25) is 9.59 Å². The van der Waals surface area contributed by atoms with Gasteiger partial charge in [0.25, 0.3) is 11.8 Å². The number of anilines is 3. The standard InChI is InChI=1S/C23H23ClFN7O2/c1-31-9-2-10-32(12-11-31)21-8-6-19(29-30-21)23(34)27-18-5-4-16(25)13-17(18)22(33)28-20-7-3-15(24)14-26-20/h3-8,13-14H,2,9-12H2,1H3,(H,27,34)(H,26,28,33). The molecule has 9 nitrogen and oxygen atoms in total. The van der Waals surface area contributed by atoms with E-state index in [4.69, 9.17) is 11.6 Å². The largest absolute Gasteiger partial charge is 0.354 e. The Morgan fingerprint density at radius 1 is 0.971 bits per heavy atom. The lowest BCUT2D eigenvalue weighted by Crippen LogP contribution is -2.29. The van der Waals surface area contributed by atoms with Gasteiger partial charge in [-0.15, -0.1) is 10.2 Å². The fourth-order valence-corrected chi connectivity index (χ4v) is 3.64. The normalized spacial score (nSPS) is 14.4. The molecule has 4 rings (SSSR count). The van der Waals surface area contributed by atoms with Crippen LogP contribution in [0.4, 0.5) is 21.7 Å². The summed E-state index contributed by atoms with van der Waals surface area (Å²) in [5, 5.41) is 13.8. The number of halogens is 2. The van der Waals surface area contributed by atoms with Crippen LogP contribution >= 0.6 is 11.6 Å². The van der Waals surface area contributed by atoms with Crippen molar-refractivity contribution in [3.63, 3.8) is 0 Å². The maximum atomic E-state index is 13.9. The van der Waals surface area contributed by atoms with Crippen LogP contribution < -0.4 is 15.5 Å². The smallest absolute Gasteiger partial charge is 0.276 e. The van der Waals surface area contributed by atoms with Crippen molar-refractivity contribution in [2.75, 3.05) is 48.8 Å². The van der Waals surface area contributed by atoms with Gasteiger partial charge in [-0.25, -0.2) is 9.37 Å². The van der Waals surface area contributed by atoms with Crippen molar-refractivity contribution in [3.05, 3.63) is 70.8 Å². The average Bonchev–Trinajstić information content (AvgIpc) is 3.06. The van der Waals surface area contributed by atoms with Crippen LogP contribution in [0.25, 0.3) is 0 Å². The number of hydrogen-bond acceptors (Lipinski definition) is 7. The lowest BCUT2D eigenvalue weighted by Gasteiger charge is -2.20. The number of pyridine rings is 1. The van der Waals surface area contributed by atoms with E-state index in [0.717, 1.165) is 44.7 Å². The number of hydrogen-bond donors (Lipinski definition) is 2. The van der Waals surface area contributed by atoms with Crippen molar-refractivity contribution in [2.24, 2.45) is 0 Å². The first kappa shape index (κ1) is 23.5. The summed E-state index contributed by atoms with van der Waals surface area (Å²) >= 11 is 5.81. The molecule has 0 spiro atoms. The van der Waals surface area contributed by atoms with E-state index >= 15 is 0 Å². The molecule has 1 aromatic carbocycles. The molecule has 0 aliphatic carbocycles. The number of carbonyl (C=O) groups is 2. The summed E-state index contributed by atoms with van der Waals surface area (Å²) in [7, 11) is 2.08. The molecule has 0 saturated carbocycles. The molecule has 2 N–H and O–H groups in total. The minimum atomic E-state index is -0.641. The van der Waals surface area contributed by atoms with Crippen molar-refractivity contribution in [1.82, 2.24) is 20.1 Å². The molecule has 1 aliphatic heterocycles. The summed E-state index contributed by atoms with van der Waals surface area (Å²) in [5.41, 5.74) is 0.133. The van der Waals surface area contributed by atoms with E-state index in [9.17, 15) is 14.0 Å². The van der Waals surface area contributed by atoms with Gasteiger partial charge in [-0.05, 0) is 62.5 Å². The fourth-order valence-electron chi connectivity index (χ4n) is 3.52.